The van der Waals surface area contributed by atoms with Crippen LogP contribution < -0.4 is 5.32 Å². The van der Waals surface area contributed by atoms with Gasteiger partial charge in [0, 0.05) is 32.2 Å². The van der Waals surface area contributed by atoms with Crippen molar-refractivity contribution in [3.05, 3.63) is 36.0 Å². The van der Waals surface area contributed by atoms with Gasteiger partial charge in [-0.3, -0.25) is 4.90 Å². The number of rotatable bonds is 5. The molecule has 1 N–H and O–H groups in total. The second-order valence-corrected chi connectivity index (χ2v) is 5.02. The molecule has 1 aliphatic heterocycles. The highest BCUT2D eigenvalue weighted by Crippen LogP contribution is 2.14. The Labute approximate surface area is 126 Å². The highest BCUT2D eigenvalue weighted by Gasteiger charge is 2.11. The van der Waals surface area contributed by atoms with Crippen LogP contribution in [0.2, 0.25) is 0 Å². The van der Waals surface area contributed by atoms with Crippen molar-refractivity contribution < 1.29 is 13.5 Å². The number of anilines is 1. The molecule has 0 spiro atoms. The predicted octanol–water partition coefficient (Wildman–Crippen LogP) is 1.29. The van der Waals surface area contributed by atoms with E-state index in [-0.39, 0.29) is 5.69 Å². The fourth-order valence-electron chi connectivity index (χ4n) is 2.30. The van der Waals surface area contributed by atoms with E-state index in [2.05, 4.69) is 20.5 Å². The molecule has 0 amide bonds. The average molecular weight is 309 g/mol. The van der Waals surface area contributed by atoms with Gasteiger partial charge in [0.05, 0.1) is 19.4 Å². The predicted molar refractivity (Wildman–Crippen MR) is 77.0 cm³/mol. The van der Waals surface area contributed by atoms with Crippen molar-refractivity contribution in [1.29, 1.82) is 0 Å². The third kappa shape index (κ3) is 3.58. The van der Waals surface area contributed by atoms with Crippen molar-refractivity contribution >= 4 is 5.82 Å². The molecule has 3 rings (SSSR count). The fourth-order valence-corrected chi connectivity index (χ4v) is 2.30. The van der Waals surface area contributed by atoms with Crippen molar-refractivity contribution in [3.8, 4) is 5.69 Å². The molecule has 1 aromatic heterocycles. The molecule has 0 unspecified atom stereocenters. The van der Waals surface area contributed by atoms with Crippen molar-refractivity contribution in [2.24, 2.45) is 0 Å². The quantitative estimate of drug-likeness (QED) is 0.902. The minimum Gasteiger partial charge on any atom is -0.379 e. The molecule has 0 aliphatic carbocycles. The number of aromatic nitrogens is 3. The maximum atomic E-state index is 13.7. The van der Waals surface area contributed by atoms with E-state index in [9.17, 15) is 8.78 Å². The van der Waals surface area contributed by atoms with Gasteiger partial charge in [-0.05, 0) is 12.1 Å². The summed E-state index contributed by atoms with van der Waals surface area (Å²) in [7, 11) is 0. The van der Waals surface area contributed by atoms with E-state index in [1.807, 2.05) is 0 Å². The first-order valence-electron chi connectivity index (χ1n) is 7.14. The lowest BCUT2D eigenvalue weighted by Crippen LogP contribution is -2.39. The van der Waals surface area contributed by atoms with Gasteiger partial charge in [-0.1, -0.05) is 5.21 Å². The molecule has 1 aliphatic rings. The lowest BCUT2D eigenvalue weighted by molar-refractivity contribution is 0.0398. The Balaban J connectivity index is 1.56. The Kier molecular flexibility index (Phi) is 4.59. The van der Waals surface area contributed by atoms with Gasteiger partial charge in [0.2, 0.25) is 0 Å². The molecule has 2 aromatic rings. The Morgan fingerprint density at radius 3 is 2.82 bits per heavy atom. The first-order chi connectivity index (χ1) is 10.7. The molecular weight excluding hydrogens is 292 g/mol. The number of hydrogen-bond acceptors (Lipinski definition) is 5. The monoisotopic (exact) mass is 309 g/mol. The Morgan fingerprint density at radius 1 is 1.23 bits per heavy atom. The summed E-state index contributed by atoms with van der Waals surface area (Å²) in [5.74, 6) is -0.744. The molecule has 8 heteroatoms. The highest BCUT2D eigenvalue weighted by molar-refractivity contribution is 5.37. The summed E-state index contributed by atoms with van der Waals surface area (Å²) in [4.78, 5) is 2.29. The van der Waals surface area contributed by atoms with Crippen molar-refractivity contribution in [1.82, 2.24) is 19.9 Å². The molecule has 1 saturated heterocycles. The molecule has 0 atom stereocenters. The van der Waals surface area contributed by atoms with Crippen LogP contribution in [0.3, 0.4) is 0 Å². The van der Waals surface area contributed by atoms with Gasteiger partial charge in [-0.15, -0.1) is 5.10 Å². The Hall–Kier alpha value is -2.06. The van der Waals surface area contributed by atoms with Crippen molar-refractivity contribution in [2.45, 2.75) is 0 Å². The number of benzene rings is 1. The standard InChI is InChI=1S/C14H17F2N5O/c15-11-1-2-13(12(16)9-11)21-10-14(18-19-21)17-3-4-20-5-7-22-8-6-20/h1-2,9-10,17H,3-8H2. The molecule has 2 heterocycles. The minimum atomic E-state index is -0.676. The number of nitrogens with one attached hydrogen (secondary N) is 1. The minimum absolute atomic E-state index is 0.162. The van der Waals surface area contributed by atoms with E-state index in [0.29, 0.717) is 12.4 Å². The number of ether oxygens (including phenoxy) is 1. The fraction of sp³-hybridized carbons (Fsp3) is 0.429. The molecule has 1 fully saturated rings. The molecule has 0 bridgehead atoms. The van der Waals surface area contributed by atoms with Gasteiger partial charge in [0.15, 0.2) is 11.6 Å². The summed E-state index contributed by atoms with van der Waals surface area (Å²) in [6.45, 7) is 4.97. The first-order valence-corrected chi connectivity index (χ1v) is 7.14. The second-order valence-electron chi connectivity index (χ2n) is 5.02. The number of morpholine rings is 1. The maximum Gasteiger partial charge on any atom is 0.169 e. The lowest BCUT2D eigenvalue weighted by atomic mass is 10.3. The summed E-state index contributed by atoms with van der Waals surface area (Å²) < 4.78 is 33.1. The first kappa shape index (κ1) is 14.9. The maximum absolute atomic E-state index is 13.7. The van der Waals surface area contributed by atoms with E-state index in [1.54, 1.807) is 6.20 Å². The van der Waals surface area contributed by atoms with E-state index >= 15 is 0 Å². The molecule has 0 radical (unpaired) electrons. The second kappa shape index (κ2) is 6.80. The van der Waals surface area contributed by atoms with Crippen molar-refractivity contribution in [2.75, 3.05) is 44.7 Å². The molecule has 0 saturated carbocycles. The van der Waals surface area contributed by atoms with Gasteiger partial charge in [-0.2, -0.15) is 0 Å². The summed E-state index contributed by atoms with van der Waals surface area (Å²) in [5.41, 5.74) is 0.162. The molecule has 118 valence electrons. The third-order valence-corrected chi connectivity index (χ3v) is 3.49. The topological polar surface area (TPSA) is 55.2 Å². The van der Waals surface area contributed by atoms with E-state index in [4.69, 9.17) is 4.74 Å². The van der Waals surface area contributed by atoms with Crippen molar-refractivity contribution in [3.63, 3.8) is 0 Å². The zero-order valence-corrected chi connectivity index (χ0v) is 12.0. The Bertz CT molecular complexity index is 627. The number of nitrogens with zero attached hydrogens (tertiary/aromatic N) is 4. The summed E-state index contributed by atoms with van der Waals surface area (Å²) in [6, 6.07) is 3.34. The third-order valence-electron chi connectivity index (χ3n) is 3.49. The smallest absolute Gasteiger partial charge is 0.169 e. The van der Waals surface area contributed by atoms with Crippen LogP contribution in [-0.2, 0) is 4.74 Å². The lowest BCUT2D eigenvalue weighted by Gasteiger charge is -2.26. The summed E-state index contributed by atoms with van der Waals surface area (Å²) in [5, 5.41) is 10.9. The Morgan fingerprint density at radius 2 is 2.05 bits per heavy atom. The largest absolute Gasteiger partial charge is 0.379 e. The van der Waals surface area contributed by atoms with Crippen LogP contribution in [-0.4, -0.2) is 59.3 Å². The van der Waals surface area contributed by atoms with Crippen LogP contribution in [0.15, 0.2) is 24.4 Å². The summed E-state index contributed by atoms with van der Waals surface area (Å²) >= 11 is 0. The SMILES string of the molecule is Fc1ccc(-n2cc(NCCN3CCOCC3)nn2)c(F)c1. The molecule has 6 nitrogen and oxygen atoms in total. The number of halogens is 2. The zero-order chi connectivity index (χ0) is 15.4. The normalized spacial score (nSPS) is 15.9. The summed E-state index contributed by atoms with van der Waals surface area (Å²) in [6.07, 6.45) is 1.58. The molecule has 22 heavy (non-hydrogen) atoms. The molecule has 1 aromatic carbocycles. The average Bonchev–Trinajstić information content (AvgIpc) is 2.97. The van der Waals surface area contributed by atoms with Gasteiger partial charge in [-0.25, -0.2) is 13.5 Å². The van der Waals surface area contributed by atoms with Crippen LogP contribution >= 0.6 is 0 Å². The van der Waals surface area contributed by atoms with Crippen LogP contribution in [0.25, 0.3) is 5.69 Å². The van der Waals surface area contributed by atoms with Gasteiger partial charge < -0.3 is 10.1 Å². The van der Waals surface area contributed by atoms with Gasteiger partial charge in [0.25, 0.3) is 0 Å². The molecular formula is C14H17F2N5O. The van der Waals surface area contributed by atoms with E-state index < -0.39 is 11.6 Å². The van der Waals surface area contributed by atoms with Crippen LogP contribution in [0.4, 0.5) is 14.6 Å². The van der Waals surface area contributed by atoms with E-state index in [1.165, 1.54) is 16.8 Å². The van der Waals surface area contributed by atoms with Crippen LogP contribution in [0, 0.1) is 11.6 Å². The van der Waals surface area contributed by atoms with Crippen LogP contribution in [0.1, 0.15) is 0 Å². The zero-order valence-electron chi connectivity index (χ0n) is 12.0. The van der Waals surface area contributed by atoms with Gasteiger partial charge in [0.1, 0.15) is 11.5 Å². The number of hydrogen-bond donors (Lipinski definition) is 1. The van der Waals surface area contributed by atoms with E-state index in [0.717, 1.165) is 38.9 Å². The van der Waals surface area contributed by atoms with Gasteiger partial charge >= 0.3 is 0 Å². The highest BCUT2D eigenvalue weighted by atomic mass is 19.1. The van der Waals surface area contributed by atoms with Crippen LogP contribution in [0.5, 0.6) is 0 Å².